The molecule has 0 aromatic carbocycles. The van der Waals surface area contributed by atoms with Crippen molar-refractivity contribution in [3.63, 3.8) is 0 Å². The number of unbranched alkanes of at least 4 members (excludes halogenated alkanes) is 30. The standard InChI is InChI=1S/C62H120O17P2/c1-7-10-12-14-24-32-38-44-59(64)72-50-57(78-61(66)46-40-34-25-15-13-11-8-2)52-76-80(68,69)74-48-56(63)49-75-81(70,71)77-53-58(51-73-60(65)45-39-33-28-23-22-27-31-37-43-55(6)9-3)79-62(67)47-41-35-29-21-19-17-16-18-20-26-30-36-42-54(4)5/h54-58,63H,7-53H2,1-6H3,(H,68,69)(H,70,71)/t55?,56-,57+,58+/m0/s1. The van der Waals surface area contributed by atoms with E-state index in [4.69, 9.17) is 37.0 Å². The van der Waals surface area contributed by atoms with Crippen molar-refractivity contribution in [1.29, 1.82) is 0 Å². The highest BCUT2D eigenvalue weighted by Gasteiger charge is 2.30. The Bertz CT molecular complexity index is 1600. The van der Waals surface area contributed by atoms with Gasteiger partial charge in [0.05, 0.1) is 26.4 Å². The molecule has 3 N–H and O–H groups in total. The number of hydrogen-bond acceptors (Lipinski definition) is 15. The van der Waals surface area contributed by atoms with Gasteiger partial charge in [-0.15, -0.1) is 0 Å². The summed E-state index contributed by atoms with van der Waals surface area (Å²) in [5.74, 6) is -0.591. The Morgan fingerprint density at radius 2 is 0.630 bits per heavy atom. The van der Waals surface area contributed by atoms with Gasteiger partial charge in [0.15, 0.2) is 12.2 Å². The molecule has 0 radical (unpaired) electrons. The molecule has 0 saturated heterocycles. The minimum Gasteiger partial charge on any atom is -0.462 e. The summed E-state index contributed by atoms with van der Waals surface area (Å²) in [7, 11) is -9.87. The second-order valence-corrected chi connectivity index (χ2v) is 26.1. The summed E-state index contributed by atoms with van der Waals surface area (Å²) in [6.07, 6.45) is 36.4. The summed E-state index contributed by atoms with van der Waals surface area (Å²) in [6.45, 7) is 9.41. The first-order valence-corrected chi connectivity index (χ1v) is 35.5. The van der Waals surface area contributed by atoms with Crippen LogP contribution in [0.25, 0.3) is 0 Å². The van der Waals surface area contributed by atoms with Gasteiger partial charge in [-0.2, -0.15) is 0 Å². The van der Waals surface area contributed by atoms with Crippen LogP contribution in [0, 0.1) is 11.8 Å². The largest absolute Gasteiger partial charge is 0.472 e. The van der Waals surface area contributed by atoms with Crippen LogP contribution in [0.1, 0.15) is 305 Å². The number of esters is 4. The van der Waals surface area contributed by atoms with Crippen LogP contribution in [0.15, 0.2) is 0 Å². The molecule has 19 heteroatoms. The average molecular weight is 1200 g/mol. The van der Waals surface area contributed by atoms with Gasteiger partial charge in [-0.25, -0.2) is 9.13 Å². The van der Waals surface area contributed by atoms with E-state index in [9.17, 15) is 43.2 Å². The van der Waals surface area contributed by atoms with Crippen LogP contribution >= 0.6 is 15.6 Å². The van der Waals surface area contributed by atoms with E-state index in [0.29, 0.717) is 25.7 Å². The monoisotopic (exact) mass is 1200 g/mol. The third kappa shape index (κ3) is 55.7. The molecule has 0 aliphatic heterocycles. The second kappa shape index (κ2) is 54.7. The van der Waals surface area contributed by atoms with Gasteiger partial charge in [0.1, 0.15) is 19.3 Å². The van der Waals surface area contributed by atoms with Crippen molar-refractivity contribution in [1.82, 2.24) is 0 Å². The van der Waals surface area contributed by atoms with Crippen molar-refractivity contribution in [2.24, 2.45) is 11.8 Å². The minimum atomic E-state index is -4.94. The molecule has 0 aliphatic rings. The Labute approximate surface area is 492 Å². The summed E-state index contributed by atoms with van der Waals surface area (Å²) in [5.41, 5.74) is 0. The summed E-state index contributed by atoms with van der Waals surface area (Å²) in [4.78, 5) is 71.9. The van der Waals surface area contributed by atoms with Gasteiger partial charge in [0, 0.05) is 25.7 Å². The molecule has 17 nitrogen and oxygen atoms in total. The lowest BCUT2D eigenvalue weighted by atomic mass is 9.99. The highest BCUT2D eigenvalue weighted by Crippen LogP contribution is 2.45. The third-order valence-electron chi connectivity index (χ3n) is 14.6. The summed E-state index contributed by atoms with van der Waals surface area (Å²) in [5, 5.41) is 10.5. The fourth-order valence-electron chi connectivity index (χ4n) is 9.15. The molecule has 0 rings (SSSR count). The van der Waals surface area contributed by atoms with E-state index in [1.54, 1.807) is 0 Å². The van der Waals surface area contributed by atoms with E-state index < -0.39 is 97.5 Å². The van der Waals surface area contributed by atoms with Crippen LogP contribution in [0.3, 0.4) is 0 Å². The molecular formula is C62H120O17P2. The molecule has 0 bridgehead atoms. The number of aliphatic hydroxyl groups is 1. The average Bonchev–Trinajstić information content (AvgIpc) is 3.43. The predicted octanol–water partition coefficient (Wildman–Crippen LogP) is 16.9. The van der Waals surface area contributed by atoms with Crippen molar-refractivity contribution in [2.45, 2.75) is 323 Å². The van der Waals surface area contributed by atoms with Crippen LogP contribution in [0.4, 0.5) is 0 Å². The lowest BCUT2D eigenvalue weighted by Crippen LogP contribution is -2.30. The number of ether oxygens (including phenoxy) is 4. The van der Waals surface area contributed by atoms with Crippen molar-refractivity contribution >= 4 is 39.5 Å². The number of phosphoric ester groups is 2. The highest BCUT2D eigenvalue weighted by molar-refractivity contribution is 7.47. The number of aliphatic hydroxyl groups excluding tert-OH is 1. The second-order valence-electron chi connectivity index (χ2n) is 23.2. The van der Waals surface area contributed by atoms with E-state index in [2.05, 4.69) is 41.5 Å². The zero-order chi connectivity index (χ0) is 60.1. The maximum Gasteiger partial charge on any atom is 0.472 e. The van der Waals surface area contributed by atoms with Crippen LogP contribution in [0.2, 0.25) is 0 Å². The fourth-order valence-corrected chi connectivity index (χ4v) is 10.7. The quantitative estimate of drug-likeness (QED) is 0.0222. The molecule has 0 heterocycles. The molecule has 0 spiro atoms. The van der Waals surface area contributed by atoms with Gasteiger partial charge in [-0.3, -0.25) is 37.3 Å². The predicted molar refractivity (Wildman–Crippen MR) is 321 cm³/mol. The summed E-state index contributed by atoms with van der Waals surface area (Å²) in [6, 6.07) is 0. The van der Waals surface area contributed by atoms with Crippen LogP contribution in [-0.4, -0.2) is 96.7 Å². The van der Waals surface area contributed by atoms with E-state index >= 15 is 0 Å². The third-order valence-corrected chi connectivity index (χ3v) is 16.5. The van der Waals surface area contributed by atoms with Crippen molar-refractivity contribution < 1.29 is 80.2 Å². The topological polar surface area (TPSA) is 237 Å². The molecule has 3 unspecified atom stereocenters. The van der Waals surface area contributed by atoms with Crippen LogP contribution in [0.5, 0.6) is 0 Å². The molecule has 0 amide bonds. The molecule has 0 aliphatic carbocycles. The first-order valence-electron chi connectivity index (χ1n) is 32.5. The Hall–Kier alpha value is -1.94. The van der Waals surface area contributed by atoms with E-state index in [1.807, 2.05) is 0 Å². The maximum absolute atomic E-state index is 13.0. The molecular weight excluding hydrogens is 1080 g/mol. The molecule has 6 atom stereocenters. The zero-order valence-corrected chi connectivity index (χ0v) is 53.9. The molecule has 0 aromatic heterocycles. The van der Waals surface area contributed by atoms with Crippen molar-refractivity contribution in [3.8, 4) is 0 Å². The molecule has 0 saturated carbocycles. The zero-order valence-electron chi connectivity index (χ0n) is 52.1. The molecule has 0 fully saturated rings. The number of rotatable bonds is 61. The Morgan fingerprint density at radius 1 is 0.358 bits per heavy atom. The molecule has 480 valence electrons. The van der Waals surface area contributed by atoms with Crippen molar-refractivity contribution in [2.75, 3.05) is 39.6 Å². The van der Waals surface area contributed by atoms with Gasteiger partial charge >= 0.3 is 39.5 Å². The minimum absolute atomic E-state index is 0.103. The van der Waals surface area contributed by atoms with Crippen molar-refractivity contribution in [3.05, 3.63) is 0 Å². The highest BCUT2D eigenvalue weighted by atomic mass is 31.2. The summed E-state index contributed by atoms with van der Waals surface area (Å²) >= 11 is 0. The Kier molecular flexibility index (Phi) is 53.4. The van der Waals surface area contributed by atoms with Crippen LogP contribution < -0.4 is 0 Å². The van der Waals surface area contributed by atoms with Gasteiger partial charge < -0.3 is 33.8 Å². The summed E-state index contributed by atoms with van der Waals surface area (Å²) < 4.78 is 67.7. The molecule has 0 aromatic rings. The fraction of sp³-hybridized carbons (Fsp3) is 0.935. The number of carbonyl (C=O) groups is 4. The number of phosphoric acid groups is 2. The van der Waals surface area contributed by atoms with Gasteiger partial charge in [-0.1, -0.05) is 253 Å². The van der Waals surface area contributed by atoms with Gasteiger partial charge in [-0.05, 0) is 37.5 Å². The lowest BCUT2D eigenvalue weighted by molar-refractivity contribution is -0.161. The maximum atomic E-state index is 13.0. The van der Waals surface area contributed by atoms with E-state index in [-0.39, 0.29) is 25.7 Å². The number of carbonyl (C=O) groups excluding carboxylic acids is 4. The first-order chi connectivity index (χ1) is 38.9. The number of hydrogen-bond donors (Lipinski definition) is 3. The normalized spacial score (nSPS) is 14.7. The van der Waals surface area contributed by atoms with Gasteiger partial charge in [0.25, 0.3) is 0 Å². The Morgan fingerprint density at radius 3 is 0.938 bits per heavy atom. The first kappa shape index (κ1) is 79.1. The SMILES string of the molecule is CCCCCCCCCC(=O)OC[C@H](COP(=O)(O)OC[C@H](O)COP(=O)(O)OC[C@@H](COC(=O)CCCCCCCCCCC(C)CC)OC(=O)CCCCCCCCCCCCCCC(C)C)OC(=O)CCCCCCCCC. The molecule has 81 heavy (non-hydrogen) atoms. The van der Waals surface area contributed by atoms with Crippen LogP contribution in [-0.2, 0) is 65.4 Å². The Balaban J connectivity index is 5.19. The van der Waals surface area contributed by atoms with E-state index in [0.717, 1.165) is 127 Å². The van der Waals surface area contributed by atoms with E-state index in [1.165, 1.54) is 96.3 Å². The lowest BCUT2D eigenvalue weighted by Gasteiger charge is -2.21. The van der Waals surface area contributed by atoms with Gasteiger partial charge in [0.2, 0.25) is 0 Å². The smallest absolute Gasteiger partial charge is 0.462 e.